The molecule has 2 heteroatoms. The first-order valence-corrected chi connectivity index (χ1v) is 6.81. The molecule has 1 aromatic rings. The van der Waals surface area contributed by atoms with Crippen molar-refractivity contribution in [2.75, 3.05) is 6.61 Å². The Hall–Kier alpha value is -1.15. The summed E-state index contributed by atoms with van der Waals surface area (Å²) >= 11 is 0. The van der Waals surface area contributed by atoms with Crippen LogP contribution in [0.15, 0.2) is 24.3 Å². The average molecular weight is 246 g/mol. The molecule has 1 heterocycles. The van der Waals surface area contributed by atoms with Gasteiger partial charge in [0.15, 0.2) is 5.78 Å². The Labute approximate surface area is 109 Å². The minimum absolute atomic E-state index is 0.132. The topological polar surface area (TPSA) is 26.3 Å². The summed E-state index contributed by atoms with van der Waals surface area (Å²) in [6, 6.07) is 7.87. The summed E-state index contributed by atoms with van der Waals surface area (Å²) in [5.74, 6) is 0.909. The van der Waals surface area contributed by atoms with E-state index in [0.29, 0.717) is 18.3 Å². The molecule has 0 spiro atoms. The molecule has 1 fully saturated rings. The first-order chi connectivity index (χ1) is 8.59. The monoisotopic (exact) mass is 246 g/mol. The van der Waals surface area contributed by atoms with E-state index >= 15 is 0 Å². The van der Waals surface area contributed by atoms with Gasteiger partial charge in [0.1, 0.15) is 0 Å². The lowest BCUT2D eigenvalue weighted by atomic mass is 9.84. The van der Waals surface area contributed by atoms with Gasteiger partial charge in [0.2, 0.25) is 0 Å². The van der Waals surface area contributed by atoms with Gasteiger partial charge in [-0.05, 0) is 31.2 Å². The van der Waals surface area contributed by atoms with Crippen molar-refractivity contribution < 1.29 is 9.53 Å². The third-order valence-corrected chi connectivity index (χ3v) is 3.84. The molecule has 0 radical (unpaired) electrons. The highest BCUT2D eigenvalue weighted by Crippen LogP contribution is 2.28. The Morgan fingerprint density at radius 3 is 2.72 bits per heavy atom. The van der Waals surface area contributed by atoms with Crippen LogP contribution in [0.5, 0.6) is 0 Å². The summed E-state index contributed by atoms with van der Waals surface area (Å²) in [4.78, 5) is 12.5. The predicted molar refractivity (Wildman–Crippen MR) is 72.8 cm³/mol. The second-order valence-electron chi connectivity index (χ2n) is 5.55. The zero-order valence-electron chi connectivity index (χ0n) is 11.5. The summed E-state index contributed by atoms with van der Waals surface area (Å²) in [6.45, 7) is 7.04. The molecule has 2 atom stereocenters. The van der Waals surface area contributed by atoms with E-state index in [1.807, 2.05) is 31.2 Å². The second-order valence-corrected chi connectivity index (χ2v) is 5.55. The summed E-state index contributed by atoms with van der Waals surface area (Å²) in [7, 11) is 0. The summed E-state index contributed by atoms with van der Waals surface area (Å²) in [5.41, 5.74) is 1.96. The van der Waals surface area contributed by atoms with E-state index in [1.54, 1.807) is 0 Å². The molecule has 0 amide bonds. The molecule has 1 aliphatic heterocycles. The molecular formula is C16H22O2. The highest BCUT2D eigenvalue weighted by atomic mass is 16.5. The molecule has 0 saturated carbocycles. The molecule has 0 aliphatic carbocycles. The number of rotatable bonds is 3. The number of ether oxygens (including phenoxy) is 1. The van der Waals surface area contributed by atoms with Crippen molar-refractivity contribution in [2.24, 2.45) is 11.8 Å². The van der Waals surface area contributed by atoms with Crippen LogP contribution in [0.4, 0.5) is 0 Å². The van der Waals surface area contributed by atoms with Crippen LogP contribution < -0.4 is 0 Å². The highest BCUT2D eigenvalue weighted by Gasteiger charge is 2.30. The van der Waals surface area contributed by atoms with Gasteiger partial charge >= 0.3 is 0 Å². The van der Waals surface area contributed by atoms with Crippen LogP contribution in [-0.4, -0.2) is 18.5 Å². The fourth-order valence-corrected chi connectivity index (χ4v) is 2.60. The first kappa shape index (κ1) is 13.3. The van der Waals surface area contributed by atoms with Crippen molar-refractivity contribution in [3.8, 4) is 0 Å². The Kier molecular flexibility index (Phi) is 4.18. The van der Waals surface area contributed by atoms with Crippen LogP contribution >= 0.6 is 0 Å². The number of carbonyl (C=O) groups excluding carboxylic acids is 1. The molecule has 0 N–H and O–H groups in total. The molecule has 2 nitrogen and oxygen atoms in total. The van der Waals surface area contributed by atoms with Gasteiger partial charge < -0.3 is 4.74 Å². The number of ketones is 1. The molecule has 0 unspecified atom stereocenters. The Morgan fingerprint density at radius 2 is 2.06 bits per heavy atom. The molecule has 1 aromatic carbocycles. The summed E-state index contributed by atoms with van der Waals surface area (Å²) < 4.78 is 5.73. The van der Waals surface area contributed by atoms with E-state index in [4.69, 9.17) is 4.74 Å². The molecule has 1 aliphatic rings. The SMILES string of the molecule is Cc1ccccc1C(=O)[C@@H]1CCO[C@H](C(C)C)C1. The summed E-state index contributed by atoms with van der Waals surface area (Å²) in [5, 5.41) is 0. The van der Waals surface area contributed by atoms with E-state index in [-0.39, 0.29) is 12.0 Å². The molecule has 0 bridgehead atoms. The van der Waals surface area contributed by atoms with Gasteiger partial charge in [-0.3, -0.25) is 4.79 Å². The van der Waals surface area contributed by atoms with Crippen molar-refractivity contribution in [2.45, 2.75) is 39.7 Å². The summed E-state index contributed by atoms with van der Waals surface area (Å²) in [6.07, 6.45) is 1.96. The smallest absolute Gasteiger partial charge is 0.166 e. The van der Waals surface area contributed by atoms with Crippen LogP contribution in [0.2, 0.25) is 0 Å². The number of hydrogen-bond acceptors (Lipinski definition) is 2. The van der Waals surface area contributed by atoms with Gasteiger partial charge in [-0.15, -0.1) is 0 Å². The Balaban J connectivity index is 2.12. The van der Waals surface area contributed by atoms with Gasteiger partial charge in [0.25, 0.3) is 0 Å². The molecule has 98 valence electrons. The van der Waals surface area contributed by atoms with Crippen molar-refractivity contribution >= 4 is 5.78 Å². The zero-order chi connectivity index (χ0) is 13.1. The lowest BCUT2D eigenvalue weighted by Gasteiger charge is -2.31. The van der Waals surface area contributed by atoms with Crippen LogP contribution in [0.3, 0.4) is 0 Å². The maximum atomic E-state index is 12.5. The van der Waals surface area contributed by atoms with Gasteiger partial charge in [0, 0.05) is 18.1 Å². The standard InChI is InChI=1S/C16H22O2/c1-11(2)15-10-13(8-9-18-15)16(17)14-7-5-4-6-12(14)3/h4-7,11,13,15H,8-10H2,1-3H3/t13-,15+/m1/s1. The number of carbonyl (C=O) groups is 1. The van der Waals surface area contributed by atoms with Crippen molar-refractivity contribution in [1.82, 2.24) is 0 Å². The highest BCUT2D eigenvalue weighted by molar-refractivity contribution is 5.99. The van der Waals surface area contributed by atoms with Crippen LogP contribution in [0, 0.1) is 18.8 Å². The van der Waals surface area contributed by atoms with E-state index in [1.165, 1.54) is 0 Å². The van der Waals surface area contributed by atoms with Crippen molar-refractivity contribution in [3.05, 3.63) is 35.4 Å². The maximum Gasteiger partial charge on any atom is 0.166 e. The first-order valence-electron chi connectivity index (χ1n) is 6.81. The minimum Gasteiger partial charge on any atom is -0.378 e. The number of hydrogen-bond donors (Lipinski definition) is 0. The maximum absolute atomic E-state index is 12.5. The van der Waals surface area contributed by atoms with Crippen LogP contribution in [0.25, 0.3) is 0 Å². The fraction of sp³-hybridized carbons (Fsp3) is 0.562. The van der Waals surface area contributed by atoms with E-state index < -0.39 is 0 Å². The predicted octanol–water partition coefficient (Wildman–Crippen LogP) is 3.63. The average Bonchev–Trinajstić information content (AvgIpc) is 2.38. The second kappa shape index (κ2) is 5.66. The Morgan fingerprint density at radius 1 is 1.33 bits per heavy atom. The number of benzene rings is 1. The van der Waals surface area contributed by atoms with Crippen molar-refractivity contribution in [1.29, 1.82) is 0 Å². The minimum atomic E-state index is 0.132. The van der Waals surface area contributed by atoms with E-state index in [0.717, 1.165) is 24.0 Å². The quantitative estimate of drug-likeness (QED) is 0.761. The lowest BCUT2D eigenvalue weighted by molar-refractivity contribution is -0.0291. The molecule has 0 aromatic heterocycles. The number of aryl methyl sites for hydroxylation is 1. The molecule has 18 heavy (non-hydrogen) atoms. The van der Waals surface area contributed by atoms with Gasteiger partial charge in [-0.25, -0.2) is 0 Å². The van der Waals surface area contributed by atoms with Crippen LogP contribution in [-0.2, 0) is 4.74 Å². The zero-order valence-corrected chi connectivity index (χ0v) is 11.5. The van der Waals surface area contributed by atoms with Gasteiger partial charge in [0.05, 0.1) is 6.10 Å². The molecule has 2 rings (SSSR count). The van der Waals surface area contributed by atoms with Gasteiger partial charge in [-0.1, -0.05) is 38.1 Å². The normalized spacial score (nSPS) is 24.2. The van der Waals surface area contributed by atoms with E-state index in [2.05, 4.69) is 13.8 Å². The Bertz CT molecular complexity index is 423. The van der Waals surface area contributed by atoms with Crippen molar-refractivity contribution in [3.63, 3.8) is 0 Å². The number of Topliss-reactive ketones (excluding diaryl/α,β-unsaturated/α-hetero) is 1. The largest absolute Gasteiger partial charge is 0.378 e. The molecular weight excluding hydrogens is 224 g/mol. The molecule has 1 saturated heterocycles. The van der Waals surface area contributed by atoms with E-state index in [9.17, 15) is 4.79 Å². The lowest BCUT2D eigenvalue weighted by Crippen LogP contribution is -2.33. The third-order valence-electron chi connectivity index (χ3n) is 3.84. The van der Waals surface area contributed by atoms with Gasteiger partial charge in [-0.2, -0.15) is 0 Å². The fourth-order valence-electron chi connectivity index (χ4n) is 2.60. The van der Waals surface area contributed by atoms with Crippen LogP contribution in [0.1, 0.15) is 42.6 Å². The third kappa shape index (κ3) is 2.81.